The van der Waals surface area contributed by atoms with Crippen LogP contribution in [0.3, 0.4) is 0 Å². The first-order valence-corrected chi connectivity index (χ1v) is 3.21. The Labute approximate surface area is 101 Å². The van der Waals surface area contributed by atoms with Gasteiger partial charge in [0, 0.05) is 29.6 Å². The van der Waals surface area contributed by atoms with Gasteiger partial charge in [-0.2, -0.15) is 0 Å². The fourth-order valence-electron chi connectivity index (χ4n) is 0.694. The molecule has 14 heavy (non-hydrogen) atoms. The van der Waals surface area contributed by atoms with Gasteiger partial charge in [-0.25, -0.2) is 4.79 Å². The van der Waals surface area contributed by atoms with Crippen molar-refractivity contribution in [3.63, 3.8) is 0 Å². The molecule has 75 valence electrons. The molecular weight excluding hydrogens is 207 g/mol. The van der Waals surface area contributed by atoms with Crippen LogP contribution < -0.4 is 0 Å². The first kappa shape index (κ1) is 15.8. The molecule has 0 aromatic heterocycles. The van der Waals surface area contributed by atoms with Crippen LogP contribution in [0, 0.1) is 5.92 Å². The third-order valence-electron chi connectivity index (χ3n) is 1.35. The summed E-state index contributed by atoms with van der Waals surface area (Å²) in [7, 11) is 0. The van der Waals surface area contributed by atoms with E-state index in [1.165, 1.54) is 0 Å². The minimum atomic E-state index is -2.20. The zero-order valence-electron chi connectivity index (χ0n) is 7.38. The Balaban J connectivity index is 0. The molecule has 4 N–H and O–H groups in total. The smallest absolute Gasteiger partial charge is 0.333 e. The number of carboxylic acids is 3. The van der Waals surface area contributed by atoms with Gasteiger partial charge >= 0.3 is 17.9 Å². The third-order valence-corrected chi connectivity index (χ3v) is 1.35. The van der Waals surface area contributed by atoms with E-state index in [1.807, 2.05) is 0 Å². The van der Waals surface area contributed by atoms with Crippen molar-refractivity contribution in [2.45, 2.75) is 12.5 Å². The van der Waals surface area contributed by atoms with Gasteiger partial charge in [0.25, 0.3) is 0 Å². The summed E-state index contributed by atoms with van der Waals surface area (Å²) in [5.74, 6) is -6.71. The third kappa shape index (κ3) is 5.18. The number of carboxylic acid groups (broad SMARTS) is 3. The van der Waals surface area contributed by atoms with Gasteiger partial charge in [-0.05, 0) is 0 Å². The number of aliphatic carboxylic acids is 3. The van der Waals surface area contributed by atoms with Crippen molar-refractivity contribution in [2.75, 3.05) is 0 Å². The molecule has 1 radical (unpaired) electrons. The second kappa shape index (κ2) is 6.77. The van der Waals surface area contributed by atoms with Crippen molar-refractivity contribution in [3.8, 4) is 0 Å². The van der Waals surface area contributed by atoms with E-state index in [9.17, 15) is 14.4 Å². The van der Waals surface area contributed by atoms with Gasteiger partial charge in [0.05, 0.1) is 6.42 Å². The van der Waals surface area contributed by atoms with Crippen LogP contribution >= 0.6 is 0 Å². The first-order valence-electron chi connectivity index (χ1n) is 3.21. The predicted molar refractivity (Wildman–Crippen MR) is 42.8 cm³/mol. The average Bonchev–Trinajstić information content (AvgIpc) is 1.97. The monoisotopic (exact) mass is 215 g/mol. The fraction of sp³-hybridized carbons (Fsp3) is 0.500. The van der Waals surface area contributed by atoms with E-state index < -0.39 is 36.4 Å². The van der Waals surface area contributed by atoms with Gasteiger partial charge in [0.15, 0.2) is 6.10 Å². The molecule has 0 saturated heterocycles. The molecular formula is C6H8NaO7. The van der Waals surface area contributed by atoms with Crippen molar-refractivity contribution in [2.24, 2.45) is 5.92 Å². The average molecular weight is 215 g/mol. The summed E-state index contributed by atoms with van der Waals surface area (Å²) < 4.78 is 0. The first-order chi connectivity index (χ1) is 5.86. The Kier molecular flexibility index (Phi) is 7.65. The Morgan fingerprint density at radius 2 is 1.43 bits per heavy atom. The van der Waals surface area contributed by atoms with Crippen molar-refractivity contribution in [1.82, 2.24) is 0 Å². The molecule has 0 bridgehead atoms. The zero-order valence-corrected chi connectivity index (χ0v) is 9.38. The topological polar surface area (TPSA) is 132 Å². The van der Waals surface area contributed by atoms with Crippen LogP contribution in [0.2, 0.25) is 0 Å². The van der Waals surface area contributed by atoms with Crippen LogP contribution in [-0.4, -0.2) is 74.0 Å². The zero-order chi connectivity index (χ0) is 10.6. The number of aliphatic hydroxyl groups is 1. The predicted octanol–water partition coefficient (Wildman–Crippen LogP) is -1.77. The molecule has 0 aliphatic heterocycles. The Hall–Kier alpha value is -0.630. The molecule has 0 fully saturated rings. The minimum Gasteiger partial charge on any atom is -0.481 e. The van der Waals surface area contributed by atoms with Crippen molar-refractivity contribution in [1.29, 1.82) is 0 Å². The molecule has 0 amide bonds. The second-order valence-corrected chi connectivity index (χ2v) is 2.33. The van der Waals surface area contributed by atoms with Gasteiger partial charge in [-0.1, -0.05) is 0 Å². The Bertz CT molecular complexity index is 238. The van der Waals surface area contributed by atoms with E-state index in [2.05, 4.69) is 0 Å². The molecule has 8 heteroatoms. The summed E-state index contributed by atoms with van der Waals surface area (Å²) in [6.07, 6.45) is -3.13. The standard InChI is InChI=1S/C6H8O7.Na/c7-3(8)1-2(5(10)11)4(9)6(12)13;/h2,4,9H,1H2,(H,7,8)(H,10,11)(H,12,13);/t2-,4+;/m0./s1. The van der Waals surface area contributed by atoms with Gasteiger partial charge in [-0.15, -0.1) is 0 Å². The molecule has 0 rings (SSSR count). The van der Waals surface area contributed by atoms with Crippen molar-refractivity contribution < 1.29 is 34.8 Å². The Morgan fingerprint density at radius 3 is 1.64 bits per heavy atom. The van der Waals surface area contributed by atoms with E-state index in [0.29, 0.717) is 0 Å². The molecule has 0 aromatic rings. The summed E-state index contributed by atoms with van der Waals surface area (Å²) >= 11 is 0. The van der Waals surface area contributed by atoms with Gasteiger partial charge in [0.1, 0.15) is 5.92 Å². The molecule has 0 aliphatic carbocycles. The second-order valence-electron chi connectivity index (χ2n) is 2.33. The van der Waals surface area contributed by atoms with Crippen LogP contribution in [0.1, 0.15) is 6.42 Å². The van der Waals surface area contributed by atoms with E-state index in [-0.39, 0.29) is 29.6 Å². The summed E-state index contributed by atoms with van der Waals surface area (Å²) in [4.78, 5) is 30.5. The molecule has 0 aliphatic rings. The van der Waals surface area contributed by atoms with Gasteiger partial charge < -0.3 is 20.4 Å². The fourth-order valence-corrected chi connectivity index (χ4v) is 0.694. The molecule has 0 saturated carbocycles. The minimum absolute atomic E-state index is 0. The van der Waals surface area contributed by atoms with E-state index >= 15 is 0 Å². The van der Waals surface area contributed by atoms with Gasteiger partial charge in [0.2, 0.25) is 0 Å². The van der Waals surface area contributed by atoms with E-state index in [4.69, 9.17) is 20.4 Å². The van der Waals surface area contributed by atoms with Crippen LogP contribution in [0.5, 0.6) is 0 Å². The number of hydrogen-bond donors (Lipinski definition) is 4. The normalized spacial score (nSPS) is 13.5. The van der Waals surface area contributed by atoms with Crippen LogP contribution in [-0.2, 0) is 14.4 Å². The van der Waals surface area contributed by atoms with Crippen LogP contribution in [0.25, 0.3) is 0 Å². The SMILES string of the molecule is O=C(O)C[C@H](C(=O)O)[C@@H](O)C(=O)O.[Na]. The molecule has 0 spiro atoms. The largest absolute Gasteiger partial charge is 0.481 e. The molecule has 0 aromatic carbocycles. The maximum absolute atomic E-state index is 10.3. The van der Waals surface area contributed by atoms with Gasteiger partial charge in [-0.3, -0.25) is 9.59 Å². The Morgan fingerprint density at radius 1 is 1.00 bits per heavy atom. The van der Waals surface area contributed by atoms with Crippen LogP contribution in [0.15, 0.2) is 0 Å². The summed E-state index contributed by atoms with van der Waals surface area (Å²) in [6.45, 7) is 0. The maximum atomic E-state index is 10.3. The summed E-state index contributed by atoms with van der Waals surface area (Å²) in [5.41, 5.74) is 0. The number of hydrogen-bond acceptors (Lipinski definition) is 4. The molecule has 0 heterocycles. The van der Waals surface area contributed by atoms with Crippen molar-refractivity contribution in [3.05, 3.63) is 0 Å². The number of rotatable bonds is 5. The van der Waals surface area contributed by atoms with E-state index in [0.717, 1.165) is 0 Å². The van der Waals surface area contributed by atoms with E-state index in [1.54, 1.807) is 0 Å². The number of aliphatic hydroxyl groups excluding tert-OH is 1. The maximum Gasteiger partial charge on any atom is 0.333 e. The summed E-state index contributed by atoms with van der Waals surface area (Å²) in [5, 5.41) is 33.5. The molecule has 7 nitrogen and oxygen atoms in total. The molecule has 2 atom stereocenters. The number of carbonyl (C=O) groups is 3. The molecule has 0 unspecified atom stereocenters. The van der Waals surface area contributed by atoms with Crippen LogP contribution in [0.4, 0.5) is 0 Å². The summed E-state index contributed by atoms with van der Waals surface area (Å²) in [6, 6.07) is 0. The quantitative estimate of drug-likeness (QED) is 0.399. The van der Waals surface area contributed by atoms with Crippen molar-refractivity contribution >= 4 is 47.5 Å².